The third-order valence-corrected chi connectivity index (χ3v) is 4.53. The number of oxime groups is 1. The highest BCUT2D eigenvalue weighted by Crippen LogP contribution is 2.23. The van der Waals surface area contributed by atoms with Gasteiger partial charge in [0.05, 0.1) is 12.3 Å². The number of ether oxygens (including phenoxy) is 2. The van der Waals surface area contributed by atoms with Gasteiger partial charge in [-0.15, -0.1) is 5.10 Å². The Morgan fingerprint density at radius 1 is 1.18 bits per heavy atom. The predicted octanol–water partition coefficient (Wildman–Crippen LogP) is 4.37. The molecule has 0 atom stereocenters. The second-order valence-electron chi connectivity index (χ2n) is 6.72. The lowest BCUT2D eigenvalue weighted by molar-refractivity contribution is 0.213. The maximum absolute atomic E-state index is 5.83. The third-order valence-electron chi connectivity index (χ3n) is 4.53. The average molecular weight is 386 g/mol. The van der Waals surface area contributed by atoms with Gasteiger partial charge in [-0.2, -0.15) is 0 Å². The van der Waals surface area contributed by atoms with Crippen molar-refractivity contribution in [1.29, 1.82) is 0 Å². The normalized spacial score (nSPS) is 11.9. The lowest BCUT2D eigenvalue weighted by atomic mass is 9.98. The number of aromatic nitrogens is 2. The molecule has 0 aliphatic rings. The highest BCUT2D eigenvalue weighted by molar-refractivity contribution is 5.97. The van der Waals surface area contributed by atoms with Gasteiger partial charge in [-0.25, -0.2) is 0 Å². The van der Waals surface area contributed by atoms with Crippen LogP contribution in [0.1, 0.15) is 42.7 Å². The second kappa shape index (κ2) is 10.5. The lowest BCUT2D eigenvalue weighted by Gasteiger charge is -2.13. The van der Waals surface area contributed by atoms with Crippen LogP contribution in [0, 0.1) is 13.8 Å². The molecule has 0 radical (unpaired) electrons. The topological polar surface area (TPSA) is 57.9 Å². The molecule has 0 amide bonds. The zero-order chi connectivity index (χ0) is 20.5. The van der Waals surface area contributed by atoms with E-state index in [1.807, 2.05) is 39.1 Å². The molecule has 28 heavy (non-hydrogen) atoms. The van der Waals surface area contributed by atoms with Crippen molar-refractivity contribution >= 4 is 5.71 Å². The Kier molecular flexibility index (Phi) is 8.11. The Hall–Kier alpha value is -2.76. The van der Waals surface area contributed by atoms with E-state index in [9.17, 15) is 0 Å². The van der Waals surface area contributed by atoms with Gasteiger partial charge in [-0.05, 0) is 69.4 Å². The lowest BCUT2D eigenvalue weighted by Crippen LogP contribution is -2.04. The predicted molar refractivity (Wildman–Crippen MR) is 112 cm³/mol. The van der Waals surface area contributed by atoms with Gasteiger partial charge in [0.25, 0.3) is 0 Å². The first-order valence-corrected chi connectivity index (χ1v) is 9.55. The zero-order valence-electron chi connectivity index (χ0n) is 17.8. The fourth-order valence-electron chi connectivity index (χ4n) is 3.13. The van der Waals surface area contributed by atoms with E-state index in [4.69, 9.17) is 14.3 Å². The SMILES string of the molecule is C/C=C/COc1cc(C)c(CCCOc2cc(C(C)=NOC)n(C)n2)c(C)c1. The minimum Gasteiger partial charge on any atom is -0.490 e. The van der Waals surface area contributed by atoms with E-state index in [-0.39, 0.29) is 0 Å². The van der Waals surface area contributed by atoms with E-state index in [1.165, 1.54) is 23.8 Å². The van der Waals surface area contributed by atoms with Gasteiger partial charge in [0.1, 0.15) is 25.2 Å². The van der Waals surface area contributed by atoms with Crippen LogP contribution < -0.4 is 9.47 Å². The van der Waals surface area contributed by atoms with Crippen molar-refractivity contribution in [2.24, 2.45) is 12.2 Å². The summed E-state index contributed by atoms with van der Waals surface area (Å²) in [5, 5.41) is 8.32. The van der Waals surface area contributed by atoms with Crippen LogP contribution in [0.25, 0.3) is 0 Å². The molecule has 0 N–H and O–H groups in total. The Bertz CT molecular complexity index is 815. The van der Waals surface area contributed by atoms with Gasteiger partial charge in [0.15, 0.2) is 0 Å². The molecule has 1 heterocycles. The van der Waals surface area contributed by atoms with E-state index in [0.717, 1.165) is 30.0 Å². The van der Waals surface area contributed by atoms with E-state index in [0.29, 0.717) is 19.1 Å². The summed E-state index contributed by atoms with van der Waals surface area (Å²) in [4.78, 5) is 4.82. The van der Waals surface area contributed by atoms with E-state index in [1.54, 1.807) is 4.68 Å². The van der Waals surface area contributed by atoms with Crippen molar-refractivity contribution in [1.82, 2.24) is 9.78 Å². The van der Waals surface area contributed by atoms with Crippen molar-refractivity contribution in [2.75, 3.05) is 20.3 Å². The van der Waals surface area contributed by atoms with Gasteiger partial charge in [0, 0.05) is 13.1 Å². The van der Waals surface area contributed by atoms with Gasteiger partial charge >= 0.3 is 0 Å². The molecule has 6 heteroatoms. The Morgan fingerprint density at radius 2 is 1.89 bits per heavy atom. The van der Waals surface area contributed by atoms with E-state index >= 15 is 0 Å². The summed E-state index contributed by atoms with van der Waals surface area (Å²) in [6, 6.07) is 6.09. The van der Waals surface area contributed by atoms with Crippen molar-refractivity contribution in [3.05, 3.63) is 52.7 Å². The highest BCUT2D eigenvalue weighted by Gasteiger charge is 2.10. The monoisotopic (exact) mass is 385 g/mol. The third kappa shape index (κ3) is 5.87. The van der Waals surface area contributed by atoms with Gasteiger partial charge in [0.2, 0.25) is 5.88 Å². The Balaban J connectivity index is 1.90. The molecule has 1 aromatic heterocycles. The molecule has 2 aromatic rings. The molecule has 0 saturated carbocycles. The molecule has 0 spiro atoms. The maximum Gasteiger partial charge on any atom is 0.233 e. The number of nitrogens with zero attached hydrogens (tertiary/aromatic N) is 3. The first kappa shape index (κ1) is 21.5. The number of hydrogen-bond donors (Lipinski definition) is 0. The largest absolute Gasteiger partial charge is 0.490 e. The average Bonchev–Trinajstić information content (AvgIpc) is 3.01. The smallest absolute Gasteiger partial charge is 0.233 e. The number of rotatable bonds is 10. The molecular weight excluding hydrogens is 354 g/mol. The van der Waals surface area contributed by atoms with Gasteiger partial charge < -0.3 is 14.3 Å². The minimum atomic E-state index is 0.600. The Labute approximate surface area is 167 Å². The molecule has 1 aromatic carbocycles. The molecule has 0 saturated heterocycles. The summed E-state index contributed by atoms with van der Waals surface area (Å²) in [6.45, 7) is 9.34. The summed E-state index contributed by atoms with van der Waals surface area (Å²) in [7, 11) is 3.39. The number of aryl methyl sites for hydroxylation is 3. The molecule has 6 nitrogen and oxygen atoms in total. The van der Waals surface area contributed by atoms with Crippen LogP contribution in [-0.4, -0.2) is 35.8 Å². The summed E-state index contributed by atoms with van der Waals surface area (Å²) in [6.07, 6.45) is 5.86. The highest BCUT2D eigenvalue weighted by atomic mass is 16.6. The van der Waals surface area contributed by atoms with Crippen LogP contribution in [0.2, 0.25) is 0 Å². The number of hydrogen-bond acceptors (Lipinski definition) is 5. The molecule has 152 valence electrons. The van der Waals surface area contributed by atoms with Crippen LogP contribution in [-0.2, 0) is 18.3 Å². The molecule has 0 bridgehead atoms. The number of allylic oxidation sites excluding steroid dienone is 1. The fourth-order valence-corrected chi connectivity index (χ4v) is 3.13. The van der Waals surface area contributed by atoms with E-state index < -0.39 is 0 Å². The fraction of sp³-hybridized carbons (Fsp3) is 0.455. The molecule has 0 fully saturated rings. The van der Waals surface area contributed by atoms with E-state index in [2.05, 4.69) is 36.2 Å². The summed E-state index contributed by atoms with van der Waals surface area (Å²) in [5.74, 6) is 1.52. The first-order chi connectivity index (χ1) is 13.5. The van der Waals surface area contributed by atoms with Crippen molar-refractivity contribution in [2.45, 2.75) is 40.5 Å². The Morgan fingerprint density at radius 3 is 2.54 bits per heavy atom. The van der Waals surface area contributed by atoms with Crippen LogP contribution in [0.4, 0.5) is 0 Å². The minimum absolute atomic E-state index is 0.600. The summed E-state index contributed by atoms with van der Waals surface area (Å²) >= 11 is 0. The van der Waals surface area contributed by atoms with Gasteiger partial charge in [-0.1, -0.05) is 17.3 Å². The molecule has 0 unspecified atom stereocenters. The quantitative estimate of drug-likeness (QED) is 0.264. The summed E-state index contributed by atoms with van der Waals surface area (Å²) in [5.41, 5.74) is 5.49. The maximum atomic E-state index is 5.83. The van der Waals surface area contributed by atoms with Crippen molar-refractivity contribution < 1.29 is 14.3 Å². The molecule has 0 aliphatic carbocycles. The van der Waals surface area contributed by atoms with Crippen LogP contribution in [0.15, 0.2) is 35.5 Å². The van der Waals surface area contributed by atoms with Crippen LogP contribution in [0.3, 0.4) is 0 Å². The second-order valence-corrected chi connectivity index (χ2v) is 6.72. The molecule has 0 aliphatic heterocycles. The first-order valence-electron chi connectivity index (χ1n) is 9.55. The zero-order valence-corrected chi connectivity index (χ0v) is 17.8. The molecular formula is C22H31N3O3. The summed E-state index contributed by atoms with van der Waals surface area (Å²) < 4.78 is 13.3. The van der Waals surface area contributed by atoms with Crippen molar-refractivity contribution in [3.63, 3.8) is 0 Å². The van der Waals surface area contributed by atoms with Crippen molar-refractivity contribution in [3.8, 4) is 11.6 Å². The number of benzene rings is 1. The van der Waals surface area contributed by atoms with Crippen LogP contribution >= 0.6 is 0 Å². The van der Waals surface area contributed by atoms with Crippen LogP contribution in [0.5, 0.6) is 11.6 Å². The molecule has 2 rings (SSSR count). The standard InChI is InChI=1S/C22H31N3O3/c1-7-8-11-27-19-13-16(2)20(17(3)14-19)10-9-12-28-22-15-21(25(5)23-22)18(4)24-26-6/h7-8,13-15H,9-12H2,1-6H3/b8-7+,24-18?. The van der Waals surface area contributed by atoms with Gasteiger partial charge in [-0.3, -0.25) is 4.68 Å².